The van der Waals surface area contributed by atoms with Crippen LogP contribution in [0.1, 0.15) is 26.6 Å². The molecule has 0 spiro atoms. The first-order chi connectivity index (χ1) is 7.28. The van der Waals surface area contributed by atoms with Gasteiger partial charge < -0.3 is 9.67 Å². The SMILES string of the molecule is CC(C)(C)S(=O)(=O)CCn1ccnc1CO. The van der Waals surface area contributed by atoms with Gasteiger partial charge in [-0.1, -0.05) is 0 Å². The van der Waals surface area contributed by atoms with Gasteiger partial charge in [-0.25, -0.2) is 13.4 Å². The molecule has 0 saturated heterocycles. The summed E-state index contributed by atoms with van der Waals surface area (Å²) in [6.45, 7) is 5.20. The predicted octanol–water partition coefficient (Wildman–Crippen LogP) is 0.589. The van der Waals surface area contributed by atoms with E-state index in [0.29, 0.717) is 12.4 Å². The normalized spacial score (nSPS) is 13.0. The van der Waals surface area contributed by atoms with E-state index in [-0.39, 0.29) is 12.4 Å². The first-order valence-electron chi connectivity index (χ1n) is 5.11. The minimum atomic E-state index is -3.13. The number of imidazole rings is 1. The van der Waals surface area contributed by atoms with E-state index in [2.05, 4.69) is 4.98 Å². The highest BCUT2D eigenvalue weighted by atomic mass is 32.2. The Labute approximate surface area is 96.0 Å². The van der Waals surface area contributed by atoms with E-state index in [0.717, 1.165) is 0 Å². The zero-order valence-electron chi connectivity index (χ0n) is 9.84. The Kier molecular flexibility index (Phi) is 3.75. The van der Waals surface area contributed by atoms with Gasteiger partial charge >= 0.3 is 0 Å². The third-order valence-corrected chi connectivity index (χ3v) is 5.06. The fourth-order valence-corrected chi connectivity index (χ4v) is 2.27. The maximum absolute atomic E-state index is 11.9. The maximum atomic E-state index is 11.9. The van der Waals surface area contributed by atoms with Gasteiger partial charge in [-0.05, 0) is 20.8 Å². The van der Waals surface area contributed by atoms with Crippen molar-refractivity contribution in [1.82, 2.24) is 9.55 Å². The molecule has 0 fully saturated rings. The van der Waals surface area contributed by atoms with Crippen molar-refractivity contribution in [3.05, 3.63) is 18.2 Å². The number of nitrogens with zero attached hydrogens (tertiary/aromatic N) is 2. The lowest BCUT2D eigenvalue weighted by Gasteiger charge is -2.19. The van der Waals surface area contributed by atoms with E-state index >= 15 is 0 Å². The highest BCUT2D eigenvalue weighted by molar-refractivity contribution is 7.92. The first-order valence-corrected chi connectivity index (χ1v) is 6.76. The van der Waals surface area contributed by atoms with Crippen LogP contribution >= 0.6 is 0 Å². The van der Waals surface area contributed by atoms with Gasteiger partial charge in [-0.15, -0.1) is 0 Å². The van der Waals surface area contributed by atoms with E-state index in [4.69, 9.17) is 5.11 Å². The Hall–Kier alpha value is -0.880. The molecule has 1 heterocycles. The lowest BCUT2D eigenvalue weighted by Crippen LogP contribution is -2.32. The largest absolute Gasteiger partial charge is 0.388 e. The second kappa shape index (κ2) is 4.55. The lowest BCUT2D eigenvalue weighted by molar-refractivity contribution is 0.265. The van der Waals surface area contributed by atoms with Gasteiger partial charge in [0.1, 0.15) is 12.4 Å². The maximum Gasteiger partial charge on any atom is 0.156 e. The summed E-state index contributed by atoms with van der Waals surface area (Å²) in [6.07, 6.45) is 3.22. The summed E-state index contributed by atoms with van der Waals surface area (Å²) in [5, 5.41) is 8.96. The topological polar surface area (TPSA) is 72.2 Å². The summed E-state index contributed by atoms with van der Waals surface area (Å²) in [6, 6.07) is 0. The summed E-state index contributed by atoms with van der Waals surface area (Å²) in [5.41, 5.74) is 0. The zero-order valence-corrected chi connectivity index (χ0v) is 10.7. The number of aromatic nitrogens is 2. The van der Waals surface area contributed by atoms with Gasteiger partial charge in [0.05, 0.1) is 10.5 Å². The summed E-state index contributed by atoms with van der Waals surface area (Å²) < 4.78 is 24.6. The van der Waals surface area contributed by atoms with Crippen LogP contribution in [0.3, 0.4) is 0 Å². The fraction of sp³-hybridized carbons (Fsp3) is 0.700. The molecule has 0 unspecified atom stereocenters. The lowest BCUT2D eigenvalue weighted by atomic mass is 10.3. The summed E-state index contributed by atoms with van der Waals surface area (Å²) in [5.74, 6) is 0.545. The third kappa shape index (κ3) is 2.82. The van der Waals surface area contributed by atoms with Gasteiger partial charge in [0, 0.05) is 18.9 Å². The van der Waals surface area contributed by atoms with Crippen LogP contribution in [0.5, 0.6) is 0 Å². The number of aliphatic hydroxyl groups is 1. The van der Waals surface area contributed by atoms with E-state index in [9.17, 15) is 8.42 Å². The minimum absolute atomic E-state index is 0.0554. The van der Waals surface area contributed by atoms with E-state index in [1.54, 1.807) is 37.7 Å². The molecule has 1 aromatic heterocycles. The van der Waals surface area contributed by atoms with Crippen LogP contribution in [-0.2, 0) is 23.0 Å². The second-order valence-electron chi connectivity index (χ2n) is 4.63. The van der Waals surface area contributed by atoms with E-state index in [1.807, 2.05) is 0 Å². The van der Waals surface area contributed by atoms with Crippen LogP contribution in [0, 0.1) is 0 Å². The molecule has 0 saturated carbocycles. The molecule has 1 N–H and O–H groups in total. The van der Waals surface area contributed by atoms with Crippen LogP contribution in [-0.4, -0.2) is 33.6 Å². The van der Waals surface area contributed by atoms with Gasteiger partial charge in [0.2, 0.25) is 0 Å². The van der Waals surface area contributed by atoms with Crippen LogP contribution in [0.15, 0.2) is 12.4 Å². The van der Waals surface area contributed by atoms with E-state index in [1.165, 1.54) is 0 Å². The summed E-state index contributed by atoms with van der Waals surface area (Å²) >= 11 is 0. The highest BCUT2D eigenvalue weighted by Gasteiger charge is 2.28. The van der Waals surface area contributed by atoms with Crippen LogP contribution in [0.2, 0.25) is 0 Å². The number of hydrogen-bond donors (Lipinski definition) is 1. The van der Waals surface area contributed by atoms with Crippen molar-refractivity contribution in [2.45, 2.75) is 38.7 Å². The van der Waals surface area contributed by atoms with E-state index < -0.39 is 14.6 Å². The summed E-state index contributed by atoms with van der Waals surface area (Å²) in [7, 11) is -3.13. The summed E-state index contributed by atoms with van der Waals surface area (Å²) in [4.78, 5) is 3.92. The highest BCUT2D eigenvalue weighted by Crippen LogP contribution is 2.16. The molecule has 0 aliphatic heterocycles. The first kappa shape index (κ1) is 13.2. The zero-order chi connectivity index (χ0) is 12.4. The van der Waals surface area contributed by atoms with Crippen molar-refractivity contribution in [2.75, 3.05) is 5.75 Å². The van der Waals surface area contributed by atoms with Crippen molar-refractivity contribution in [3.63, 3.8) is 0 Å². The number of sulfone groups is 1. The molecule has 0 radical (unpaired) electrons. The molecule has 0 aliphatic rings. The molecular weight excluding hydrogens is 228 g/mol. The third-order valence-electron chi connectivity index (χ3n) is 2.48. The smallest absolute Gasteiger partial charge is 0.156 e. The number of hydrogen-bond acceptors (Lipinski definition) is 4. The number of aryl methyl sites for hydroxylation is 1. The van der Waals surface area contributed by atoms with Crippen LogP contribution in [0.25, 0.3) is 0 Å². The molecule has 0 aliphatic carbocycles. The van der Waals surface area contributed by atoms with Crippen LogP contribution < -0.4 is 0 Å². The standard InChI is InChI=1S/C10H18N2O3S/c1-10(2,3)16(14,15)7-6-12-5-4-11-9(12)8-13/h4-5,13H,6-8H2,1-3H3. The molecule has 0 amide bonds. The minimum Gasteiger partial charge on any atom is -0.388 e. The van der Waals surface area contributed by atoms with Crippen LogP contribution in [0.4, 0.5) is 0 Å². The quantitative estimate of drug-likeness (QED) is 0.844. The molecule has 5 nitrogen and oxygen atoms in total. The number of aliphatic hydroxyl groups excluding tert-OH is 1. The van der Waals surface area contributed by atoms with Gasteiger partial charge in [-0.2, -0.15) is 0 Å². The second-order valence-corrected chi connectivity index (χ2v) is 7.49. The Balaban J connectivity index is 2.73. The average Bonchev–Trinajstić information content (AvgIpc) is 2.60. The number of rotatable bonds is 4. The Morgan fingerprint density at radius 2 is 2.06 bits per heavy atom. The predicted molar refractivity (Wildman–Crippen MR) is 61.7 cm³/mol. The molecule has 1 aromatic rings. The Morgan fingerprint density at radius 1 is 1.44 bits per heavy atom. The molecular formula is C10H18N2O3S. The van der Waals surface area contributed by atoms with Gasteiger partial charge in [0.15, 0.2) is 9.84 Å². The molecule has 6 heteroatoms. The molecule has 92 valence electrons. The average molecular weight is 246 g/mol. The molecule has 0 atom stereocenters. The van der Waals surface area contributed by atoms with Crippen molar-refractivity contribution in [3.8, 4) is 0 Å². The van der Waals surface area contributed by atoms with Gasteiger partial charge in [0.25, 0.3) is 0 Å². The molecule has 0 aromatic carbocycles. The monoisotopic (exact) mass is 246 g/mol. The Bertz CT molecular complexity index is 443. The molecule has 1 rings (SSSR count). The van der Waals surface area contributed by atoms with Crippen molar-refractivity contribution in [2.24, 2.45) is 0 Å². The van der Waals surface area contributed by atoms with Crippen molar-refractivity contribution in [1.29, 1.82) is 0 Å². The Morgan fingerprint density at radius 3 is 2.56 bits per heavy atom. The van der Waals surface area contributed by atoms with Crippen molar-refractivity contribution < 1.29 is 13.5 Å². The van der Waals surface area contributed by atoms with Gasteiger partial charge in [-0.3, -0.25) is 0 Å². The fourth-order valence-electron chi connectivity index (χ4n) is 1.22. The molecule has 0 bridgehead atoms. The molecule has 16 heavy (non-hydrogen) atoms. The van der Waals surface area contributed by atoms with Crippen molar-refractivity contribution >= 4 is 9.84 Å².